The molecule has 0 spiro atoms. The molecule has 6 nitrogen and oxygen atoms in total. The summed E-state index contributed by atoms with van der Waals surface area (Å²) in [5.41, 5.74) is 2.76. The Hall–Kier alpha value is -2.87. The first kappa shape index (κ1) is 20.4. The smallest absolute Gasteiger partial charge is 0.234 e. The number of halogens is 1. The second kappa shape index (κ2) is 9.30. The van der Waals surface area contributed by atoms with E-state index >= 15 is 0 Å². The minimum Gasteiger partial charge on any atom is -0.372 e. The molecule has 8 heteroatoms. The Bertz CT molecular complexity index is 997. The molecular formula is C22H24FN5OS. The lowest BCUT2D eigenvalue weighted by atomic mass is 10.1. The first-order chi connectivity index (χ1) is 14.6. The van der Waals surface area contributed by atoms with Gasteiger partial charge >= 0.3 is 0 Å². The molecule has 1 aliphatic heterocycles. The van der Waals surface area contributed by atoms with E-state index in [1.807, 2.05) is 19.2 Å². The van der Waals surface area contributed by atoms with Crippen LogP contribution in [0.4, 0.5) is 15.8 Å². The average molecular weight is 426 g/mol. The maximum atomic E-state index is 13.1. The van der Waals surface area contributed by atoms with Crippen LogP contribution in [0.15, 0.2) is 53.7 Å². The van der Waals surface area contributed by atoms with Crippen molar-refractivity contribution >= 4 is 29.0 Å². The summed E-state index contributed by atoms with van der Waals surface area (Å²) in [6.07, 6.45) is 3.78. The number of rotatable bonds is 6. The number of nitrogens with one attached hydrogen (secondary N) is 1. The van der Waals surface area contributed by atoms with Crippen molar-refractivity contribution in [2.24, 2.45) is 7.05 Å². The lowest BCUT2D eigenvalue weighted by molar-refractivity contribution is -0.113. The van der Waals surface area contributed by atoms with Crippen molar-refractivity contribution in [3.8, 4) is 11.4 Å². The molecule has 1 aromatic heterocycles. The van der Waals surface area contributed by atoms with E-state index in [-0.39, 0.29) is 17.5 Å². The molecule has 1 saturated heterocycles. The molecule has 1 amide bonds. The Morgan fingerprint density at radius 3 is 2.43 bits per heavy atom. The summed E-state index contributed by atoms with van der Waals surface area (Å²) in [7, 11) is 1.83. The number of benzene rings is 2. The van der Waals surface area contributed by atoms with E-state index in [9.17, 15) is 9.18 Å². The Labute approximate surface area is 179 Å². The van der Waals surface area contributed by atoms with Gasteiger partial charge in [-0.25, -0.2) is 4.39 Å². The molecule has 0 unspecified atom stereocenters. The predicted molar refractivity (Wildman–Crippen MR) is 118 cm³/mol. The highest BCUT2D eigenvalue weighted by molar-refractivity contribution is 7.99. The van der Waals surface area contributed by atoms with Crippen LogP contribution in [0, 0.1) is 5.82 Å². The first-order valence-corrected chi connectivity index (χ1v) is 11.0. The number of amides is 1. The lowest BCUT2D eigenvalue weighted by Crippen LogP contribution is -2.29. The Balaban J connectivity index is 1.32. The minimum absolute atomic E-state index is 0.0999. The van der Waals surface area contributed by atoms with E-state index < -0.39 is 0 Å². The van der Waals surface area contributed by atoms with E-state index in [1.165, 1.54) is 48.8 Å². The van der Waals surface area contributed by atoms with Crippen LogP contribution in [0.3, 0.4) is 0 Å². The van der Waals surface area contributed by atoms with Gasteiger partial charge in [0.15, 0.2) is 11.0 Å². The van der Waals surface area contributed by atoms with Gasteiger partial charge in [0.1, 0.15) is 5.82 Å². The summed E-state index contributed by atoms with van der Waals surface area (Å²) in [6, 6.07) is 14.1. The first-order valence-electron chi connectivity index (χ1n) is 10.0. The monoisotopic (exact) mass is 425 g/mol. The number of thioether (sulfide) groups is 1. The minimum atomic E-state index is -0.295. The summed E-state index contributed by atoms with van der Waals surface area (Å²) in [5, 5.41) is 11.9. The molecule has 2 heterocycles. The molecule has 4 rings (SSSR count). The number of piperidine rings is 1. The fraction of sp³-hybridized carbons (Fsp3) is 0.318. The molecule has 1 fully saturated rings. The van der Waals surface area contributed by atoms with Crippen LogP contribution in [0.25, 0.3) is 11.4 Å². The molecule has 0 bridgehead atoms. The number of carbonyl (C=O) groups is 1. The quantitative estimate of drug-likeness (QED) is 0.595. The van der Waals surface area contributed by atoms with Gasteiger partial charge in [0.25, 0.3) is 0 Å². The Kier molecular flexibility index (Phi) is 6.32. The van der Waals surface area contributed by atoms with Gasteiger partial charge in [-0.05, 0) is 67.8 Å². The van der Waals surface area contributed by atoms with Crippen LogP contribution in [-0.2, 0) is 11.8 Å². The molecular weight excluding hydrogens is 401 g/mol. The van der Waals surface area contributed by atoms with Gasteiger partial charge in [0.2, 0.25) is 5.91 Å². The molecule has 156 valence electrons. The zero-order chi connectivity index (χ0) is 20.9. The second-order valence-electron chi connectivity index (χ2n) is 7.30. The van der Waals surface area contributed by atoms with E-state index in [2.05, 4.69) is 32.5 Å². The highest BCUT2D eigenvalue weighted by Crippen LogP contribution is 2.24. The summed E-state index contributed by atoms with van der Waals surface area (Å²) in [6.45, 7) is 2.19. The van der Waals surface area contributed by atoms with Crippen molar-refractivity contribution in [1.82, 2.24) is 14.8 Å². The molecule has 30 heavy (non-hydrogen) atoms. The molecule has 3 aromatic rings. The van der Waals surface area contributed by atoms with Crippen molar-refractivity contribution in [3.63, 3.8) is 0 Å². The summed E-state index contributed by atoms with van der Waals surface area (Å²) in [4.78, 5) is 14.7. The number of aromatic nitrogens is 3. The van der Waals surface area contributed by atoms with Crippen molar-refractivity contribution in [3.05, 3.63) is 54.3 Å². The van der Waals surface area contributed by atoms with Crippen molar-refractivity contribution in [2.75, 3.05) is 29.1 Å². The van der Waals surface area contributed by atoms with Gasteiger partial charge in [-0.15, -0.1) is 10.2 Å². The molecule has 0 atom stereocenters. The predicted octanol–water partition coefficient (Wildman–Crippen LogP) is 4.34. The van der Waals surface area contributed by atoms with E-state index in [4.69, 9.17) is 0 Å². The van der Waals surface area contributed by atoms with Gasteiger partial charge in [-0.2, -0.15) is 0 Å². The summed E-state index contributed by atoms with van der Waals surface area (Å²) in [5.74, 6) is 0.461. The van der Waals surface area contributed by atoms with Crippen molar-refractivity contribution in [2.45, 2.75) is 24.4 Å². The molecule has 1 N–H and O–H groups in total. The molecule has 2 aromatic carbocycles. The van der Waals surface area contributed by atoms with Crippen molar-refractivity contribution < 1.29 is 9.18 Å². The van der Waals surface area contributed by atoms with Crippen LogP contribution >= 0.6 is 11.8 Å². The van der Waals surface area contributed by atoms with Crippen LogP contribution in [0.2, 0.25) is 0 Å². The highest BCUT2D eigenvalue weighted by Gasteiger charge is 2.14. The largest absolute Gasteiger partial charge is 0.372 e. The lowest BCUT2D eigenvalue weighted by Gasteiger charge is -2.28. The summed E-state index contributed by atoms with van der Waals surface area (Å²) < 4.78 is 14.9. The standard InChI is InChI=1S/C22H24FN5OS/c1-27-21(16-5-7-17(23)8-6-16)25-26-22(27)30-15-20(29)24-18-9-11-19(12-10-18)28-13-3-2-4-14-28/h5-12H,2-4,13-15H2,1H3,(H,24,29). The Morgan fingerprint density at radius 2 is 1.73 bits per heavy atom. The third-order valence-corrected chi connectivity index (χ3v) is 6.16. The molecule has 0 radical (unpaired) electrons. The van der Waals surface area contributed by atoms with Gasteiger partial charge in [0, 0.05) is 37.1 Å². The topological polar surface area (TPSA) is 63.1 Å². The van der Waals surface area contributed by atoms with Gasteiger partial charge in [-0.3, -0.25) is 4.79 Å². The third kappa shape index (κ3) is 4.81. The Morgan fingerprint density at radius 1 is 1.03 bits per heavy atom. The maximum Gasteiger partial charge on any atom is 0.234 e. The fourth-order valence-corrected chi connectivity index (χ4v) is 4.24. The second-order valence-corrected chi connectivity index (χ2v) is 8.25. The molecule has 1 aliphatic rings. The highest BCUT2D eigenvalue weighted by atomic mass is 32.2. The molecule has 0 aliphatic carbocycles. The normalized spacial score (nSPS) is 14.0. The third-order valence-electron chi connectivity index (χ3n) is 5.14. The number of anilines is 2. The van der Waals surface area contributed by atoms with E-state index in [0.717, 1.165) is 24.3 Å². The number of hydrogen-bond donors (Lipinski definition) is 1. The van der Waals surface area contributed by atoms with Gasteiger partial charge in [0.05, 0.1) is 5.75 Å². The van der Waals surface area contributed by atoms with E-state index in [0.29, 0.717) is 11.0 Å². The number of carbonyl (C=O) groups excluding carboxylic acids is 1. The van der Waals surface area contributed by atoms with Gasteiger partial charge < -0.3 is 14.8 Å². The van der Waals surface area contributed by atoms with Crippen molar-refractivity contribution in [1.29, 1.82) is 0 Å². The average Bonchev–Trinajstić information content (AvgIpc) is 3.14. The van der Waals surface area contributed by atoms with E-state index in [1.54, 1.807) is 16.7 Å². The summed E-state index contributed by atoms with van der Waals surface area (Å²) >= 11 is 1.31. The zero-order valence-electron chi connectivity index (χ0n) is 16.8. The van der Waals surface area contributed by atoms with Crippen LogP contribution in [-0.4, -0.2) is 39.5 Å². The van der Waals surface area contributed by atoms with Crippen LogP contribution in [0.5, 0.6) is 0 Å². The number of hydrogen-bond acceptors (Lipinski definition) is 5. The SMILES string of the molecule is Cn1c(SCC(=O)Nc2ccc(N3CCCCC3)cc2)nnc1-c1ccc(F)cc1. The number of nitrogens with zero attached hydrogens (tertiary/aromatic N) is 4. The van der Waals surface area contributed by atoms with Crippen LogP contribution in [0.1, 0.15) is 19.3 Å². The van der Waals surface area contributed by atoms with Gasteiger partial charge in [-0.1, -0.05) is 11.8 Å². The molecule has 0 saturated carbocycles. The fourth-order valence-electron chi connectivity index (χ4n) is 3.53. The maximum absolute atomic E-state index is 13.1. The zero-order valence-corrected chi connectivity index (χ0v) is 17.7. The van der Waals surface area contributed by atoms with Crippen LogP contribution < -0.4 is 10.2 Å².